The van der Waals surface area contributed by atoms with Crippen molar-refractivity contribution in [2.24, 2.45) is 0 Å². The molecule has 0 bridgehead atoms. The zero-order chi connectivity index (χ0) is 25.5. The second-order valence-electron chi connectivity index (χ2n) is 9.29. The molecule has 0 amide bonds. The van der Waals surface area contributed by atoms with Gasteiger partial charge >= 0.3 is 0 Å². The quantitative estimate of drug-likeness (QED) is 0.225. The molecule has 0 atom stereocenters. The summed E-state index contributed by atoms with van der Waals surface area (Å²) in [4.78, 5) is 2.70. The second-order valence-corrected chi connectivity index (χ2v) is 11.2. The summed E-state index contributed by atoms with van der Waals surface area (Å²) in [6.07, 6.45) is 6.66. The Morgan fingerprint density at radius 3 is 2.14 bits per heavy atom. The van der Waals surface area contributed by atoms with Crippen LogP contribution in [0.3, 0.4) is 0 Å². The molecule has 0 radical (unpaired) electrons. The third-order valence-electron chi connectivity index (χ3n) is 6.61. The van der Waals surface area contributed by atoms with Gasteiger partial charge in [0.05, 0.1) is 16.3 Å². The van der Waals surface area contributed by atoms with Gasteiger partial charge in [-0.3, -0.25) is 0 Å². The number of hydrogen-bond acceptors (Lipinski definition) is 5. The van der Waals surface area contributed by atoms with E-state index in [1.165, 1.54) is 49.5 Å². The molecule has 192 valence electrons. The van der Waals surface area contributed by atoms with E-state index in [9.17, 15) is 8.42 Å². The van der Waals surface area contributed by atoms with Crippen LogP contribution in [-0.4, -0.2) is 28.6 Å². The lowest BCUT2D eigenvalue weighted by atomic mass is 10.0. The normalized spacial score (nSPS) is 12.3. The first-order valence-corrected chi connectivity index (χ1v) is 14.4. The average Bonchev–Trinajstić information content (AvgIpc) is 2.90. The summed E-state index contributed by atoms with van der Waals surface area (Å²) in [5.41, 5.74) is 5.45. The van der Waals surface area contributed by atoms with E-state index in [1.54, 1.807) is 18.2 Å². The van der Waals surface area contributed by atoms with Gasteiger partial charge in [-0.25, -0.2) is 13.1 Å². The highest BCUT2D eigenvalue weighted by atomic mass is 32.2. The molecule has 0 saturated carbocycles. The van der Waals surface area contributed by atoms with E-state index in [2.05, 4.69) is 59.1 Å². The summed E-state index contributed by atoms with van der Waals surface area (Å²) in [5.74, 6) is 1.21. The minimum atomic E-state index is -3.54. The summed E-state index contributed by atoms with van der Waals surface area (Å²) in [7, 11) is -2.14. The minimum absolute atomic E-state index is 0.178. The van der Waals surface area contributed by atoms with Gasteiger partial charge in [-0.1, -0.05) is 44.9 Å². The Labute approximate surface area is 215 Å². The molecule has 1 aliphatic heterocycles. The maximum Gasteiger partial charge on any atom is 0.240 e. The minimum Gasteiger partial charge on any atom is -0.453 e. The van der Waals surface area contributed by atoms with E-state index in [0.717, 1.165) is 37.3 Å². The van der Waals surface area contributed by atoms with Crippen molar-refractivity contribution in [1.82, 2.24) is 4.72 Å². The van der Waals surface area contributed by atoms with Crippen LogP contribution < -0.4 is 19.7 Å². The van der Waals surface area contributed by atoms with Crippen LogP contribution in [0.15, 0.2) is 65.6 Å². The number of nitrogens with zero attached hydrogens (tertiary/aromatic N) is 1. The fraction of sp³-hybridized carbons (Fsp3) is 0.379. The van der Waals surface area contributed by atoms with Crippen molar-refractivity contribution in [3.63, 3.8) is 0 Å². The fourth-order valence-electron chi connectivity index (χ4n) is 4.41. The van der Waals surface area contributed by atoms with Crippen molar-refractivity contribution in [2.45, 2.75) is 57.3 Å². The van der Waals surface area contributed by atoms with Gasteiger partial charge < -0.3 is 15.0 Å². The van der Waals surface area contributed by atoms with Crippen molar-refractivity contribution >= 4 is 27.1 Å². The summed E-state index contributed by atoms with van der Waals surface area (Å²) in [6, 6.07) is 20.0. The fourth-order valence-corrected chi connectivity index (χ4v) is 5.16. The van der Waals surface area contributed by atoms with Crippen LogP contribution in [0.4, 0.5) is 17.1 Å². The lowest BCUT2D eigenvalue weighted by Crippen LogP contribution is -2.25. The third-order valence-corrected chi connectivity index (χ3v) is 8.02. The van der Waals surface area contributed by atoms with Crippen molar-refractivity contribution < 1.29 is 13.2 Å². The van der Waals surface area contributed by atoms with Gasteiger partial charge in [0, 0.05) is 24.8 Å². The molecule has 0 saturated heterocycles. The predicted octanol–water partition coefficient (Wildman–Crippen LogP) is 6.64. The van der Waals surface area contributed by atoms with Gasteiger partial charge in [0.1, 0.15) is 0 Å². The van der Waals surface area contributed by atoms with E-state index >= 15 is 0 Å². The molecule has 0 aromatic heterocycles. The Bertz CT molecular complexity index is 1280. The SMILES string of the molecule is CCCCN(CCCC)c1cccc(CCc2ccc3c(c2)Oc2cc(S(=O)(=O)NC)ccc2N3)c1. The molecule has 3 aromatic rings. The highest BCUT2D eigenvalue weighted by Crippen LogP contribution is 2.43. The zero-order valence-electron chi connectivity index (χ0n) is 21.5. The second kappa shape index (κ2) is 11.8. The van der Waals surface area contributed by atoms with Crippen LogP contribution in [0.5, 0.6) is 11.5 Å². The molecular formula is C29H37N3O3S. The standard InChI is InChI=1S/C29H37N3O3S/c1-4-6-17-32(18-7-5-2)24-10-8-9-22(19-24)11-12-23-13-15-26-28(20-23)35-29-21-25(36(33,34)30-3)14-16-27(29)31-26/h8-10,13-16,19-21,30-31H,4-7,11-12,17-18H2,1-3H3. The summed E-state index contributed by atoms with van der Waals surface area (Å²) in [5, 5.41) is 3.35. The van der Waals surface area contributed by atoms with Gasteiger partial charge in [-0.2, -0.15) is 0 Å². The number of sulfonamides is 1. The molecule has 0 spiro atoms. The average molecular weight is 508 g/mol. The Kier molecular flexibility index (Phi) is 8.54. The maximum atomic E-state index is 12.2. The van der Waals surface area contributed by atoms with Gasteiger partial charge in [-0.15, -0.1) is 0 Å². The van der Waals surface area contributed by atoms with Crippen molar-refractivity contribution in [3.05, 3.63) is 71.8 Å². The molecular weight excluding hydrogens is 470 g/mol. The smallest absolute Gasteiger partial charge is 0.240 e. The first-order valence-electron chi connectivity index (χ1n) is 12.9. The van der Waals surface area contributed by atoms with Crippen molar-refractivity contribution in [2.75, 3.05) is 30.4 Å². The largest absolute Gasteiger partial charge is 0.453 e. The monoisotopic (exact) mass is 507 g/mol. The number of rotatable bonds is 12. The molecule has 1 heterocycles. The highest BCUT2D eigenvalue weighted by Gasteiger charge is 2.20. The van der Waals surface area contributed by atoms with E-state index in [-0.39, 0.29) is 4.90 Å². The van der Waals surface area contributed by atoms with Gasteiger partial charge in [0.15, 0.2) is 11.5 Å². The molecule has 1 aliphatic rings. The summed E-state index contributed by atoms with van der Waals surface area (Å²) < 4.78 is 32.8. The van der Waals surface area contributed by atoms with E-state index in [4.69, 9.17) is 4.74 Å². The van der Waals surface area contributed by atoms with Crippen LogP contribution in [0, 0.1) is 0 Å². The Morgan fingerprint density at radius 1 is 0.833 bits per heavy atom. The maximum absolute atomic E-state index is 12.2. The molecule has 4 rings (SSSR count). The van der Waals surface area contributed by atoms with Crippen LogP contribution in [0.2, 0.25) is 0 Å². The number of unbranched alkanes of at least 4 members (excludes halogenated alkanes) is 2. The Morgan fingerprint density at radius 2 is 1.47 bits per heavy atom. The van der Waals surface area contributed by atoms with E-state index in [0.29, 0.717) is 11.5 Å². The lowest BCUT2D eigenvalue weighted by molar-refractivity contribution is 0.478. The molecule has 0 unspecified atom stereocenters. The number of nitrogens with one attached hydrogen (secondary N) is 2. The highest BCUT2D eigenvalue weighted by molar-refractivity contribution is 7.89. The van der Waals surface area contributed by atoms with Gasteiger partial charge in [0.25, 0.3) is 0 Å². The number of aryl methyl sites for hydroxylation is 2. The number of benzene rings is 3. The number of ether oxygens (including phenoxy) is 1. The molecule has 0 aliphatic carbocycles. The Hall–Kier alpha value is -3.03. The van der Waals surface area contributed by atoms with Crippen LogP contribution in [-0.2, 0) is 22.9 Å². The first-order chi connectivity index (χ1) is 17.4. The lowest BCUT2D eigenvalue weighted by Gasteiger charge is -2.25. The van der Waals surface area contributed by atoms with Crippen molar-refractivity contribution in [1.29, 1.82) is 0 Å². The number of fused-ring (bicyclic) bond motifs is 2. The Balaban J connectivity index is 1.46. The van der Waals surface area contributed by atoms with Crippen LogP contribution >= 0.6 is 0 Å². The van der Waals surface area contributed by atoms with E-state index < -0.39 is 10.0 Å². The summed E-state index contributed by atoms with van der Waals surface area (Å²) in [6.45, 7) is 6.70. The number of anilines is 3. The molecule has 3 aromatic carbocycles. The predicted molar refractivity (Wildman–Crippen MR) is 148 cm³/mol. The van der Waals surface area contributed by atoms with Crippen molar-refractivity contribution in [3.8, 4) is 11.5 Å². The van der Waals surface area contributed by atoms with Gasteiger partial charge in [0.2, 0.25) is 10.0 Å². The van der Waals surface area contributed by atoms with Crippen LogP contribution in [0.25, 0.3) is 0 Å². The van der Waals surface area contributed by atoms with Crippen LogP contribution in [0.1, 0.15) is 50.7 Å². The van der Waals surface area contributed by atoms with Gasteiger partial charge in [-0.05, 0) is 80.3 Å². The molecule has 0 fully saturated rings. The first kappa shape index (κ1) is 26.0. The third kappa shape index (κ3) is 6.20. The zero-order valence-corrected chi connectivity index (χ0v) is 22.3. The number of hydrogen-bond donors (Lipinski definition) is 2. The molecule has 7 heteroatoms. The topological polar surface area (TPSA) is 70.7 Å². The molecule has 6 nitrogen and oxygen atoms in total. The molecule has 2 N–H and O–H groups in total. The summed E-state index contributed by atoms with van der Waals surface area (Å²) >= 11 is 0. The molecule has 36 heavy (non-hydrogen) atoms. The van der Waals surface area contributed by atoms with E-state index in [1.807, 2.05) is 12.1 Å².